The molecule has 0 unspecified atom stereocenters. The second-order valence-corrected chi connectivity index (χ2v) is 3.46. The van der Waals surface area contributed by atoms with Gasteiger partial charge >= 0.3 is 0 Å². The molecule has 13 heavy (non-hydrogen) atoms. The minimum atomic E-state index is -2.37. The van der Waals surface area contributed by atoms with Gasteiger partial charge in [-0.1, -0.05) is 0 Å². The van der Waals surface area contributed by atoms with Crippen molar-refractivity contribution in [1.29, 1.82) is 0 Å². The summed E-state index contributed by atoms with van der Waals surface area (Å²) in [6, 6.07) is 0. The Hall–Kier alpha value is -1.03. The lowest BCUT2D eigenvalue weighted by molar-refractivity contribution is -0.157. The van der Waals surface area contributed by atoms with E-state index in [0.29, 0.717) is 12.8 Å². The monoisotopic (exact) mass is 184 g/mol. The van der Waals surface area contributed by atoms with Gasteiger partial charge in [0.2, 0.25) is 5.60 Å². The first kappa shape index (κ1) is 10.1. The smallest absolute Gasteiger partial charge is 0.239 e. The molecular formula is C9H12O4. The van der Waals surface area contributed by atoms with Crippen LogP contribution in [0.2, 0.25) is 0 Å². The maximum absolute atomic E-state index is 11.4. The molecule has 0 aromatic carbocycles. The summed E-state index contributed by atoms with van der Waals surface area (Å²) in [5.74, 6) is -2.49. The minimum absolute atomic E-state index is 0.294. The lowest BCUT2D eigenvalue weighted by atomic mass is 9.87. The Morgan fingerprint density at radius 3 is 1.77 bits per heavy atom. The number of aliphatic hydroxyl groups is 1. The minimum Gasteiger partial charge on any atom is -0.369 e. The summed E-state index contributed by atoms with van der Waals surface area (Å²) in [7, 11) is 0. The Morgan fingerprint density at radius 2 is 1.54 bits per heavy atom. The van der Waals surface area contributed by atoms with Crippen LogP contribution in [0.1, 0.15) is 26.7 Å². The van der Waals surface area contributed by atoms with Gasteiger partial charge in [0.1, 0.15) is 0 Å². The summed E-state index contributed by atoms with van der Waals surface area (Å²) >= 11 is 0. The molecule has 0 aliphatic heterocycles. The summed E-state index contributed by atoms with van der Waals surface area (Å²) in [5.41, 5.74) is -2.37. The number of rotatable bonds is 4. The van der Waals surface area contributed by atoms with Gasteiger partial charge in [0.25, 0.3) is 0 Å². The topological polar surface area (TPSA) is 71.4 Å². The fraction of sp³-hybridized carbons (Fsp3) is 0.667. The number of carbonyl (C=O) groups excluding carboxylic acids is 3. The van der Waals surface area contributed by atoms with Gasteiger partial charge in [-0.05, 0) is 26.7 Å². The number of ketones is 3. The molecule has 0 radical (unpaired) electrons. The van der Waals surface area contributed by atoms with Gasteiger partial charge in [-0.3, -0.25) is 14.4 Å². The number of carbonyl (C=O) groups is 3. The van der Waals surface area contributed by atoms with Crippen LogP contribution in [0.15, 0.2) is 0 Å². The van der Waals surface area contributed by atoms with Crippen molar-refractivity contribution >= 4 is 17.3 Å². The SMILES string of the molecule is CC(=O)C(O)(C(C)=O)C(=O)C1CC1. The third-order valence-corrected chi connectivity index (χ3v) is 2.32. The molecule has 1 rings (SSSR count). The van der Waals surface area contributed by atoms with Gasteiger partial charge < -0.3 is 5.11 Å². The third kappa shape index (κ3) is 1.54. The first-order valence-corrected chi connectivity index (χ1v) is 4.19. The Labute approximate surface area is 75.9 Å². The highest BCUT2D eigenvalue weighted by Gasteiger charge is 2.51. The van der Waals surface area contributed by atoms with E-state index in [1.54, 1.807) is 0 Å². The fourth-order valence-corrected chi connectivity index (χ4v) is 1.24. The second kappa shape index (κ2) is 3.03. The largest absolute Gasteiger partial charge is 0.369 e. The highest BCUT2D eigenvalue weighted by Crippen LogP contribution is 2.34. The van der Waals surface area contributed by atoms with Crippen molar-refractivity contribution < 1.29 is 19.5 Å². The number of hydrogen-bond acceptors (Lipinski definition) is 4. The van der Waals surface area contributed by atoms with Gasteiger partial charge in [0.15, 0.2) is 17.3 Å². The molecule has 1 aliphatic carbocycles. The standard InChI is InChI=1S/C9H12O4/c1-5(10)9(13,6(2)11)8(12)7-3-4-7/h7,13H,3-4H2,1-2H3. The Balaban J connectivity index is 2.95. The first-order chi connectivity index (χ1) is 5.90. The van der Waals surface area contributed by atoms with Crippen LogP contribution >= 0.6 is 0 Å². The Morgan fingerprint density at radius 1 is 1.15 bits per heavy atom. The van der Waals surface area contributed by atoms with E-state index in [4.69, 9.17) is 0 Å². The molecule has 0 saturated heterocycles. The average Bonchev–Trinajstić information content (AvgIpc) is 2.82. The molecule has 1 fully saturated rings. The molecular weight excluding hydrogens is 172 g/mol. The van der Waals surface area contributed by atoms with Crippen LogP contribution in [-0.4, -0.2) is 28.1 Å². The second-order valence-electron chi connectivity index (χ2n) is 3.46. The Bertz CT molecular complexity index is 261. The predicted molar refractivity (Wildman–Crippen MR) is 44.0 cm³/mol. The maximum Gasteiger partial charge on any atom is 0.239 e. The van der Waals surface area contributed by atoms with Gasteiger partial charge in [0, 0.05) is 5.92 Å². The normalized spacial score (nSPS) is 16.8. The Kier molecular flexibility index (Phi) is 2.34. The molecule has 1 aliphatic rings. The molecule has 0 aromatic rings. The van der Waals surface area contributed by atoms with E-state index >= 15 is 0 Å². The summed E-state index contributed by atoms with van der Waals surface area (Å²) in [6.07, 6.45) is 1.34. The van der Waals surface area contributed by atoms with Gasteiger partial charge in [-0.2, -0.15) is 0 Å². The quantitative estimate of drug-likeness (QED) is 0.618. The van der Waals surface area contributed by atoms with Crippen molar-refractivity contribution in [1.82, 2.24) is 0 Å². The summed E-state index contributed by atoms with van der Waals surface area (Å²) in [6.45, 7) is 2.11. The van der Waals surface area contributed by atoms with Crippen molar-refractivity contribution in [2.75, 3.05) is 0 Å². The first-order valence-electron chi connectivity index (χ1n) is 4.19. The summed E-state index contributed by atoms with van der Waals surface area (Å²) in [5, 5.41) is 9.60. The molecule has 72 valence electrons. The van der Waals surface area contributed by atoms with E-state index in [1.165, 1.54) is 0 Å². The van der Waals surface area contributed by atoms with E-state index in [9.17, 15) is 19.5 Å². The van der Waals surface area contributed by atoms with Crippen LogP contribution in [-0.2, 0) is 14.4 Å². The van der Waals surface area contributed by atoms with Crippen molar-refractivity contribution in [2.24, 2.45) is 5.92 Å². The molecule has 0 bridgehead atoms. The van der Waals surface area contributed by atoms with Crippen molar-refractivity contribution in [3.8, 4) is 0 Å². The molecule has 1 saturated carbocycles. The van der Waals surface area contributed by atoms with E-state index in [1.807, 2.05) is 0 Å². The van der Waals surface area contributed by atoms with Crippen LogP contribution in [0.4, 0.5) is 0 Å². The van der Waals surface area contributed by atoms with Crippen LogP contribution < -0.4 is 0 Å². The average molecular weight is 184 g/mol. The van der Waals surface area contributed by atoms with Gasteiger partial charge in [0.05, 0.1) is 0 Å². The van der Waals surface area contributed by atoms with Crippen molar-refractivity contribution in [3.63, 3.8) is 0 Å². The van der Waals surface area contributed by atoms with Gasteiger partial charge in [-0.15, -0.1) is 0 Å². The van der Waals surface area contributed by atoms with E-state index in [2.05, 4.69) is 0 Å². The van der Waals surface area contributed by atoms with Crippen molar-refractivity contribution in [2.45, 2.75) is 32.3 Å². The zero-order valence-corrected chi connectivity index (χ0v) is 7.66. The third-order valence-electron chi connectivity index (χ3n) is 2.32. The van der Waals surface area contributed by atoms with Gasteiger partial charge in [-0.25, -0.2) is 0 Å². The molecule has 1 N–H and O–H groups in total. The molecule has 0 aromatic heterocycles. The molecule has 0 atom stereocenters. The summed E-state index contributed by atoms with van der Waals surface area (Å²) < 4.78 is 0. The van der Waals surface area contributed by atoms with Crippen LogP contribution in [0, 0.1) is 5.92 Å². The predicted octanol–water partition coefficient (Wildman–Crippen LogP) is -0.125. The van der Waals surface area contributed by atoms with Crippen molar-refractivity contribution in [3.05, 3.63) is 0 Å². The maximum atomic E-state index is 11.4. The highest BCUT2D eigenvalue weighted by atomic mass is 16.3. The molecule has 0 heterocycles. The molecule has 4 nitrogen and oxygen atoms in total. The molecule has 0 amide bonds. The van der Waals surface area contributed by atoms with E-state index < -0.39 is 23.0 Å². The van der Waals surface area contributed by atoms with Crippen LogP contribution in [0.3, 0.4) is 0 Å². The van der Waals surface area contributed by atoms with Crippen LogP contribution in [0.25, 0.3) is 0 Å². The zero-order valence-electron chi connectivity index (χ0n) is 7.66. The molecule has 0 spiro atoms. The highest BCUT2D eigenvalue weighted by molar-refractivity contribution is 6.27. The molecule has 4 heteroatoms. The number of hydrogen-bond donors (Lipinski definition) is 1. The fourth-order valence-electron chi connectivity index (χ4n) is 1.24. The lowest BCUT2D eigenvalue weighted by Gasteiger charge is -2.19. The van der Waals surface area contributed by atoms with E-state index in [-0.39, 0.29) is 5.92 Å². The summed E-state index contributed by atoms with van der Waals surface area (Å²) in [4.78, 5) is 33.4. The zero-order chi connectivity index (χ0) is 10.2. The van der Waals surface area contributed by atoms with E-state index in [0.717, 1.165) is 13.8 Å². The lowest BCUT2D eigenvalue weighted by Crippen LogP contribution is -2.52. The number of Topliss-reactive ketones (excluding diaryl/α,β-unsaturated/α-hetero) is 3. The van der Waals surface area contributed by atoms with Crippen LogP contribution in [0.5, 0.6) is 0 Å².